The molecule has 1 N–H and O–H groups in total. The normalized spacial score (nSPS) is 16.3. The average molecular weight is 370 g/mol. The molecule has 136 valence electrons. The molecular weight excluding hydrogens is 348 g/mol. The predicted molar refractivity (Wildman–Crippen MR) is 103 cm³/mol. The second-order valence-electron chi connectivity index (χ2n) is 6.07. The molecule has 1 heterocycles. The van der Waals surface area contributed by atoms with Gasteiger partial charge < -0.3 is 15.0 Å². The van der Waals surface area contributed by atoms with Crippen LogP contribution in [0, 0.1) is 0 Å². The highest BCUT2D eigenvalue weighted by Crippen LogP contribution is 2.24. The highest BCUT2D eigenvalue weighted by molar-refractivity contribution is 7.99. The van der Waals surface area contributed by atoms with Crippen molar-refractivity contribution in [3.8, 4) is 5.75 Å². The van der Waals surface area contributed by atoms with Crippen LogP contribution < -0.4 is 10.1 Å². The fraction of sp³-hybridized carbons (Fsp3) is 0.300. The van der Waals surface area contributed by atoms with E-state index in [9.17, 15) is 9.59 Å². The van der Waals surface area contributed by atoms with E-state index < -0.39 is 6.04 Å². The Morgan fingerprint density at radius 3 is 2.65 bits per heavy atom. The predicted octanol–water partition coefficient (Wildman–Crippen LogP) is 2.46. The molecule has 1 atom stereocenters. The van der Waals surface area contributed by atoms with Crippen molar-refractivity contribution in [1.82, 2.24) is 10.2 Å². The van der Waals surface area contributed by atoms with Gasteiger partial charge in [0.15, 0.2) is 0 Å². The molecule has 6 heteroatoms. The molecule has 1 aliphatic heterocycles. The minimum Gasteiger partial charge on any atom is -0.496 e. The Kier molecular flexibility index (Phi) is 6.17. The summed E-state index contributed by atoms with van der Waals surface area (Å²) in [6, 6.07) is 16.8. The Morgan fingerprint density at radius 2 is 1.88 bits per heavy atom. The third-order valence-corrected chi connectivity index (χ3v) is 5.36. The number of carbonyl (C=O) groups is 2. The zero-order chi connectivity index (χ0) is 18.4. The zero-order valence-corrected chi connectivity index (χ0v) is 15.5. The molecule has 5 nitrogen and oxygen atoms in total. The molecule has 0 saturated carbocycles. The summed E-state index contributed by atoms with van der Waals surface area (Å²) in [5, 5.41) is 2.94. The molecule has 0 radical (unpaired) electrons. The van der Waals surface area contributed by atoms with E-state index >= 15 is 0 Å². The quantitative estimate of drug-likeness (QED) is 0.849. The molecule has 1 fully saturated rings. The number of nitrogens with one attached hydrogen (secondary N) is 1. The lowest BCUT2D eigenvalue weighted by atomic mass is 10.1. The Bertz CT molecular complexity index is 767. The maximum absolute atomic E-state index is 12.7. The van der Waals surface area contributed by atoms with Crippen molar-refractivity contribution in [2.45, 2.75) is 19.0 Å². The maximum atomic E-state index is 12.7. The lowest BCUT2D eigenvalue weighted by Gasteiger charge is -2.23. The van der Waals surface area contributed by atoms with Crippen molar-refractivity contribution in [2.75, 3.05) is 18.7 Å². The molecule has 1 unspecified atom stereocenters. The third-order valence-electron chi connectivity index (χ3n) is 4.35. The minimum absolute atomic E-state index is 0.0561. The number of para-hydroxylation sites is 1. The van der Waals surface area contributed by atoms with Crippen LogP contribution in [0.1, 0.15) is 11.1 Å². The molecule has 2 aromatic rings. The smallest absolute Gasteiger partial charge is 0.243 e. The number of amides is 2. The van der Waals surface area contributed by atoms with Crippen LogP contribution in [0.25, 0.3) is 0 Å². The zero-order valence-electron chi connectivity index (χ0n) is 14.7. The summed E-state index contributed by atoms with van der Waals surface area (Å²) in [4.78, 5) is 27.0. The van der Waals surface area contributed by atoms with Crippen molar-refractivity contribution < 1.29 is 14.3 Å². The lowest BCUT2D eigenvalue weighted by molar-refractivity contribution is -0.137. The first-order chi connectivity index (χ1) is 12.7. The van der Waals surface area contributed by atoms with Crippen LogP contribution >= 0.6 is 11.8 Å². The number of hydrogen-bond acceptors (Lipinski definition) is 4. The first-order valence-corrected chi connectivity index (χ1v) is 9.65. The molecule has 0 spiro atoms. The van der Waals surface area contributed by atoms with Gasteiger partial charge in [0.1, 0.15) is 11.8 Å². The number of carbonyl (C=O) groups excluding carboxylic acids is 2. The molecular formula is C20H22N2O3S. The molecule has 0 bridgehead atoms. The Morgan fingerprint density at radius 1 is 1.15 bits per heavy atom. The van der Waals surface area contributed by atoms with Gasteiger partial charge in [-0.25, -0.2) is 0 Å². The van der Waals surface area contributed by atoms with Crippen LogP contribution in [0.4, 0.5) is 0 Å². The number of thioether (sulfide) groups is 1. The summed E-state index contributed by atoms with van der Waals surface area (Å²) >= 11 is 1.60. The van der Waals surface area contributed by atoms with Crippen molar-refractivity contribution >= 4 is 23.6 Å². The number of methoxy groups -OCH3 is 1. The second kappa shape index (κ2) is 8.76. The van der Waals surface area contributed by atoms with Crippen LogP contribution in [0.2, 0.25) is 0 Å². The highest BCUT2D eigenvalue weighted by atomic mass is 32.2. The van der Waals surface area contributed by atoms with Gasteiger partial charge in [-0.05, 0) is 11.6 Å². The average Bonchev–Trinajstić information content (AvgIpc) is 3.17. The Labute approximate surface area is 157 Å². The van der Waals surface area contributed by atoms with E-state index in [0.717, 1.165) is 11.1 Å². The van der Waals surface area contributed by atoms with Gasteiger partial charge in [0.05, 0.1) is 19.4 Å². The summed E-state index contributed by atoms with van der Waals surface area (Å²) in [6.07, 6.45) is 0.229. The topological polar surface area (TPSA) is 58.6 Å². The number of ether oxygens (including phenoxy) is 1. The SMILES string of the molecule is COc1ccccc1CC(=O)N1CSCC1C(=O)NCc1ccccc1. The minimum atomic E-state index is -0.425. The van der Waals surface area contributed by atoms with Crippen molar-refractivity contribution in [1.29, 1.82) is 0 Å². The lowest BCUT2D eigenvalue weighted by Crippen LogP contribution is -2.47. The van der Waals surface area contributed by atoms with Crippen LogP contribution in [0.15, 0.2) is 54.6 Å². The van der Waals surface area contributed by atoms with Gasteiger partial charge in [0.25, 0.3) is 0 Å². The molecule has 1 aliphatic rings. The van der Waals surface area contributed by atoms with E-state index in [-0.39, 0.29) is 18.2 Å². The molecule has 26 heavy (non-hydrogen) atoms. The van der Waals surface area contributed by atoms with E-state index in [1.807, 2.05) is 54.6 Å². The maximum Gasteiger partial charge on any atom is 0.243 e. The van der Waals surface area contributed by atoms with Crippen LogP contribution in [0.3, 0.4) is 0 Å². The second-order valence-corrected chi connectivity index (χ2v) is 7.07. The standard InChI is InChI=1S/C20H22N2O3S/c1-25-18-10-6-5-9-16(18)11-19(23)22-14-26-13-17(22)20(24)21-12-15-7-3-2-4-8-15/h2-10,17H,11-14H2,1H3,(H,21,24). The van der Waals surface area contributed by atoms with Crippen LogP contribution in [-0.4, -0.2) is 41.5 Å². The monoisotopic (exact) mass is 370 g/mol. The number of hydrogen-bond donors (Lipinski definition) is 1. The van der Waals surface area contributed by atoms with Gasteiger partial charge >= 0.3 is 0 Å². The first kappa shape index (κ1) is 18.3. The van der Waals surface area contributed by atoms with Gasteiger partial charge in [-0.2, -0.15) is 0 Å². The fourth-order valence-corrected chi connectivity index (χ4v) is 4.10. The van der Waals surface area contributed by atoms with Gasteiger partial charge in [0, 0.05) is 17.9 Å². The number of nitrogens with zero attached hydrogens (tertiary/aromatic N) is 1. The van der Waals surface area contributed by atoms with Crippen molar-refractivity contribution in [3.05, 3.63) is 65.7 Å². The van der Waals surface area contributed by atoms with Gasteiger partial charge in [-0.1, -0.05) is 48.5 Å². The van der Waals surface area contributed by atoms with E-state index in [1.165, 1.54) is 0 Å². The van der Waals surface area contributed by atoms with E-state index in [4.69, 9.17) is 4.74 Å². The van der Waals surface area contributed by atoms with Gasteiger partial charge in [-0.15, -0.1) is 11.8 Å². The first-order valence-electron chi connectivity index (χ1n) is 8.50. The van der Waals surface area contributed by atoms with Gasteiger partial charge in [-0.3, -0.25) is 9.59 Å². The largest absolute Gasteiger partial charge is 0.496 e. The van der Waals surface area contributed by atoms with E-state index in [2.05, 4.69) is 5.32 Å². The molecule has 2 aromatic carbocycles. The summed E-state index contributed by atoms with van der Waals surface area (Å²) in [7, 11) is 1.59. The fourth-order valence-electron chi connectivity index (χ4n) is 2.92. The summed E-state index contributed by atoms with van der Waals surface area (Å²) in [5.41, 5.74) is 1.87. The Balaban J connectivity index is 1.61. The van der Waals surface area contributed by atoms with Gasteiger partial charge in [0.2, 0.25) is 11.8 Å². The van der Waals surface area contributed by atoms with Crippen LogP contribution in [-0.2, 0) is 22.6 Å². The van der Waals surface area contributed by atoms with Crippen LogP contribution in [0.5, 0.6) is 5.75 Å². The Hall–Kier alpha value is -2.47. The van der Waals surface area contributed by atoms with E-state index in [0.29, 0.717) is 23.9 Å². The van der Waals surface area contributed by atoms with Crippen molar-refractivity contribution in [3.63, 3.8) is 0 Å². The third kappa shape index (κ3) is 4.38. The molecule has 0 aromatic heterocycles. The molecule has 3 rings (SSSR count). The molecule has 0 aliphatic carbocycles. The molecule has 2 amide bonds. The van der Waals surface area contributed by atoms with E-state index in [1.54, 1.807) is 23.8 Å². The summed E-state index contributed by atoms with van der Waals surface area (Å²) in [5.74, 6) is 1.69. The number of rotatable bonds is 6. The highest BCUT2D eigenvalue weighted by Gasteiger charge is 2.34. The van der Waals surface area contributed by atoms with Crippen molar-refractivity contribution in [2.24, 2.45) is 0 Å². The summed E-state index contributed by atoms with van der Waals surface area (Å²) in [6.45, 7) is 0.468. The number of benzene rings is 2. The summed E-state index contributed by atoms with van der Waals surface area (Å²) < 4.78 is 5.32. The molecule has 1 saturated heterocycles.